The first-order valence-electron chi connectivity index (χ1n) is 4.98. The van der Waals surface area contributed by atoms with Gasteiger partial charge in [0.05, 0.1) is 23.0 Å². The molecule has 0 saturated heterocycles. The van der Waals surface area contributed by atoms with Crippen LogP contribution in [0, 0.1) is 11.3 Å². The van der Waals surface area contributed by atoms with Crippen molar-refractivity contribution in [2.75, 3.05) is 23.7 Å². The number of nitrogens with two attached hydrogens (primary N) is 1. The van der Waals surface area contributed by atoms with Gasteiger partial charge in [-0.2, -0.15) is 18.4 Å². The average Bonchev–Trinajstić information content (AvgIpc) is 2.24. The largest absolute Gasteiger partial charge is 0.405 e. The maximum Gasteiger partial charge on any atom is 0.405 e. The van der Waals surface area contributed by atoms with E-state index >= 15 is 0 Å². The number of anilines is 2. The summed E-state index contributed by atoms with van der Waals surface area (Å²) in [6.45, 7) is 0.749. The molecule has 1 aromatic rings. The Labute approximate surface area is 97.2 Å². The Kier molecular flexibility index (Phi) is 3.84. The topological polar surface area (TPSA) is 53.0 Å². The maximum atomic E-state index is 12.3. The number of nitrogen functional groups attached to an aromatic ring is 1. The molecule has 0 aliphatic carbocycles. The Bertz CT molecular complexity index is 435. The van der Waals surface area contributed by atoms with Crippen molar-refractivity contribution in [2.45, 2.75) is 13.1 Å². The van der Waals surface area contributed by atoms with Crippen molar-refractivity contribution in [1.82, 2.24) is 0 Å². The van der Waals surface area contributed by atoms with Crippen LogP contribution < -0.4 is 10.6 Å². The molecule has 0 unspecified atom stereocenters. The lowest BCUT2D eigenvalue weighted by atomic mass is 10.1. The number of benzene rings is 1. The van der Waals surface area contributed by atoms with Gasteiger partial charge in [0.25, 0.3) is 0 Å². The summed E-state index contributed by atoms with van der Waals surface area (Å²) in [6, 6.07) is 6.13. The van der Waals surface area contributed by atoms with E-state index < -0.39 is 12.7 Å². The fourth-order valence-electron chi connectivity index (χ4n) is 1.50. The molecular weight excluding hydrogens is 231 g/mol. The van der Waals surface area contributed by atoms with E-state index in [-0.39, 0.29) is 12.2 Å². The Hall–Kier alpha value is -1.90. The molecule has 0 aromatic heterocycles. The van der Waals surface area contributed by atoms with Gasteiger partial charge in [0.15, 0.2) is 0 Å². The van der Waals surface area contributed by atoms with Crippen LogP contribution in [-0.4, -0.2) is 19.3 Å². The van der Waals surface area contributed by atoms with Crippen molar-refractivity contribution in [3.63, 3.8) is 0 Å². The lowest BCUT2D eigenvalue weighted by Gasteiger charge is -2.25. The highest BCUT2D eigenvalue weighted by molar-refractivity contribution is 5.69. The quantitative estimate of drug-likeness (QED) is 0.830. The molecule has 0 spiro atoms. The van der Waals surface area contributed by atoms with Crippen molar-refractivity contribution in [2.24, 2.45) is 0 Å². The summed E-state index contributed by atoms with van der Waals surface area (Å²) in [5.74, 6) is 0. The molecule has 1 rings (SSSR count). The standard InChI is InChI=1S/C11H12F3N3/c1-2-17(7-11(12,13)14)10-4-3-8(6-15)5-9(10)16/h3-5H,2,7,16H2,1H3. The van der Waals surface area contributed by atoms with Gasteiger partial charge < -0.3 is 10.6 Å². The molecule has 0 radical (unpaired) electrons. The van der Waals surface area contributed by atoms with E-state index in [4.69, 9.17) is 11.0 Å². The summed E-state index contributed by atoms with van der Waals surface area (Å²) in [6.07, 6.45) is -4.28. The highest BCUT2D eigenvalue weighted by Gasteiger charge is 2.30. The van der Waals surface area contributed by atoms with Crippen molar-refractivity contribution in [3.05, 3.63) is 23.8 Å². The van der Waals surface area contributed by atoms with Crippen LogP contribution in [0.4, 0.5) is 24.5 Å². The fraction of sp³-hybridized carbons (Fsp3) is 0.364. The van der Waals surface area contributed by atoms with Crippen molar-refractivity contribution >= 4 is 11.4 Å². The highest BCUT2D eigenvalue weighted by Crippen LogP contribution is 2.27. The minimum absolute atomic E-state index is 0.176. The Balaban J connectivity index is 3.01. The predicted molar refractivity (Wildman–Crippen MR) is 59.5 cm³/mol. The molecule has 2 N–H and O–H groups in total. The molecule has 0 fully saturated rings. The summed E-state index contributed by atoms with van der Waals surface area (Å²) >= 11 is 0. The van der Waals surface area contributed by atoms with Gasteiger partial charge in [0.1, 0.15) is 6.54 Å². The molecule has 0 atom stereocenters. The van der Waals surface area contributed by atoms with Gasteiger partial charge in [-0.1, -0.05) is 0 Å². The number of nitrogens with zero attached hydrogens (tertiary/aromatic N) is 2. The molecule has 0 aliphatic rings. The normalized spacial score (nSPS) is 11.0. The van der Waals surface area contributed by atoms with Crippen molar-refractivity contribution < 1.29 is 13.2 Å². The molecule has 0 aliphatic heterocycles. The van der Waals surface area contributed by atoms with E-state index in [2.05, 4.69) is 0 Å². The first kappa shape index (κ1) is 13.2. The third-order valence-corrected chi connectivity index (χ3v) is 2.25. The third-order valence-electron chi connectivity index (χ3n) is 2.25. The van der Waals surface area contributed by atoms with E-state index in [9.17, 15) is 13.2 Å². The van der Waals surface area contributed by atoms with Gasteiger partial charge in [-0.3, -0.25) is 0 Å². The summed E-state index contributed by atoms with van der Waals surface area (Å²) in [5, 5.41) is 8.64. The van der Waals surface area contributed by atoms with Crippen LogP contribution in [0.1, 0.15) is 12.5 Å². The maximum absolute atomic E-state index is 12.3. The average molecular weight is 243 g/mol. The second-order valence-electron chi connectivity index (χ2n) is 3.51. The molecule has 6 heteroatoms. The van der Waals surface area contributed by atoms with Crippen LogP contribution in [0.25, 0.3) is 0 Å². The predicted octanol–water partition coefficient (Wildman–Crippen LogP) is 2.53. The monoisotopic (exact) mass is 243 g/mol. The summed E-state index contributed by atoms with van der Waals surface area (Å²) in [5.41, 5.74) is 6.43. The zero-order valence-electron chi connectivity index (χ0n) is 9.25. The van der Waals surface area contributed by atoms with Crippen LogP contribution in [0.2, 0.25) is 0 Å². The zero-order chi connectivity index (χ0) is 13.1. The first-order chi connectivity index (χ1) is 7.87. The molecule has 17 heavy (non-hydrogen) atoms. The van der Waals surface area contributed by atoms with Crippen LogP contribution >= 0.6 is 0 Å². The molecule has 0 bridgehead atoms. The van der Waals surface area contributed by atoms with E-state index in [0.717, 1.165) is 4.90 Å². The molecule has 92 valence electrons. The van der Waals surface area contributed by atoms with Crippen LogP contribution in [0.3, 0.4) is 0 Å². The van der Waals surface area contributed by atoms with Gasteiger partial charge in [-0.25, -0.2) is 0 Å². The second-order valence-corrected chi connectivity index (χ2v) is 3.51. The zero-order valence-corrected chi connectivity index (χ0v) is 9.25. The van der Waals surface area contributed by atoms with Crippen LogP contribution in [-0.2, 0) is 0 Å². The third kappa shape index (κ3) is 3.55. The number of hydrogen-bond acceptors (Lipinski definition) is 3. The van der Waals surface area contributed by atoms with Gasteiger partial charge in [0, 0.05) is 6.54 Å². The van der Waals surface area contributed by atoms with Crippen LogP contribution in [0.15, 0.2) is 18.2 Å². The molecule has 1 aromatic carbocycles. The van der Waals surface area contributed by atoms with E-state index in [1.165, 1.54) is 18.2 Å². The summed E-state index contributed by atoms with van der Waals surface area (Å²) in [4.78, 5) is 1.12. The number of halogens is 3. The van der Waals surface area contributed by atoms with Gasteiger partial charge in [-0.05, 0) is 25.1 Å². The van der Waals surface area contributed by atoms with Crippen LogP contribution in [0.5, 0.6) is 0 Å². The number of hydrogen-bond donors (Lipinski definition) is 1. The lowest BCUT2D eigenvalue weighted by Crippen LogP contribution is -2.34. The molecular formula is C11H12F3N3. The fourth-order valence-corrected chi connectivity index (χ4v) is 1.50. The highest BCUT2D eigenvalue weighted by atomic mass is 19.4. The summed E-state index contributed by atoms with van der Waals surface area (Å²) in [7, 11) is 0. The van der Waals surface area contributed by atoms with Gasteiger partial charge in [-0.15, -0.1) is 0 Å². The Morgan fingerprint density at radius 2 is 2.06 bits per heavy atom. The van der Waals surface area contributed by atoms with Crippen molar-refractivity contribution in [1.29, 1.82) is 5.26 Å². The van der Waals surface area contributed by atoms with Crippen molar-refractivity contribution in [3.8, 4) is 6.07 Å². The Morgan fingerprint density at radius 3 is 2.47 bits per heavy atom. The molecule has 0 amide bonds. The smallest absolute Gasteiger partial charge is 0.397 e. The first-order valence-corrected chi connectivity index (χ1v) is 4.98. The van der Waals surface area contributed by atoms with E-state index in [1.807, 2.05) is 6.07 Å². The molecule has 3 nitrogen and oxygen atoms in total. The second kappa shape index (κ2) is 4.95. The Morgan fingerprint density at radius 1 is 1.41 bits per heavy atom. The SMILES string of the molecule is CCN(CC(F)(F)F)c1ccc(C#N)cc1N. The minimum Gasteiger partial charge on any atom is -0.397 e. The molecule has 0 saturated carbocycles. The minimum atomic E-state index is -4.28. The van der Waals surface area contributed by atoms with Gasteiger partial charge >= 0.3 is 6.18 Å². The number of rotatable bonds is 3. The van der Waals surface area contributed by atoms with E-state index in [0.29, 0.717) is 11.3 Å². The lowest BCUT2D eigenvalue weighted by molar-refractivity contribution is -0.119. The number of nitriles is 1. The van der Waals surface area contributed by atoms with Gasteiger partial charge in [0.2, 0.25) is 0 Å². The number of alkyl halides is 3. The molecule has 0 heterocycles. The van der Waals surface area contributed by atoms with E-state index in [1.54, 1.807) is 6.92 Å². The summed E-state index contributed by atoms with van der Waals surface area (Å²) < 4.78 is 37.0.